The van der Waals surface area contributed by atoms with E-state index < -0.39 is 11.9 Å². The lowest BCUT2D eigenvalue weighted by molar-refractivity contribution is 0.0526. The Morgan fingerprint density at radius 1 is 1.03 bits per heavy atom. The van der Waals surface area contributed by atoms with Gasteiger partial charge in [0.1, 0.15) is 5.82 Å². The third-order valence-electron chi connectivity index (χ3n) is 3.94. The zero-order valence-corrected chi connectivity index (χ0v) is 16.0. The number of anilines is 1. The highest BCUT2D eigenvalue weighted by Gasteiger charge is 2.19. The summed E-state index contributed by atoms with van der Waals surface area (Å²) in [6, 6.07) is 12.0. The van der Waals surface area contributed by atoms with E-state index in [0.717, 1.165) is 0 Å². The lowest BCUT2D eigenvalue weighted by Gasteiger charge is -2.06. The standard InChI is InChI=1S/C21H20FN3O4/c1-3-28-18-13-25(17-11-7-15(22)8-12-17)24-19(18)20(26)23-16-9-5-14(6-10-16)21(27)29-4-2/h5-13H,3-4H2,1-2H3,(H,23,26). The number of carbonyl (C=O) groups excluding carboxylic acids is 2. The smallest absolute Gasteiger partial charge is 0.338 e. The van der Waals surface area contributed by atoms with Gasteiger partial charge in [0.2, 0.25) is 0 Å². The topological polar surface area (TPSA) is 82.5 Å². The predicted octanol–water partition coefficient (Wildman–Crippen LogP) is 3.84. The van der Waals surface area contributed by atoms with Crippen molar-refractivity contribution in [3.8, 4) is 11.4 Å². The van der Waals surface area contributed by atoms with Gasteiger partial charge in [0.25, 0.3) is 5.91 Å². The van der Waals surface area contributed by atoms with Gasteiger partial charge in [-0.2, -0.15) is 5.10 Å². The second-order valence-corrected chi connectivity index (χ2v) is 5.95. The van der Waals surface area contributed by atoms with E-state index >= 15 is 0 Å². The van der Waals surface area contributed by atoms with Gasteiger partial charge < -0.3 is 14.8 Å². The Labute approximate surface area is 167 Å². The van der Waals surface area contributed by atoms with E-state index in [-0.39, 0.29) is 18.1 Å². The maximum Gasteiger partial charge on any atom is 0.338 e. The quantitative estimate of drug-likeness (QED) is 0.613. The number of carbonyl (C=O) groups is 2. The molecule has 0 aliphatic carbocycles. The van der Waals surface area contributed by atoms with Crippen LogP contribution in [-0.2, 0) is 4.74 Å². The fraction of sp³-hybridized carbons (Fsp3) is 0.190. The van der Waals surface area contributed by atoms with Crippen molar-refractivity contribution in [2.45, 2.75) is 13.8 Å². The minimum atomic E-state index is -0.474. The Morgan fingerprint density at radius 3 is 2.34 bits per heavy atom. The Morgan fingerprint density at radius 2 is 1.72 bits per heavy atom. The van der Waals surface area contributed by atoms with Crippen molar-refractivity contribution < 1.29 is 23.5 Å². The SMILES string of the molecule is CCOC(=O)c1ccc(NC(=O)c2nn(-c3ccc(F)cc3)cc2OCC)cc1. The summed E-state index contributed by atoms with van der Waals surface area (Å²) in [5.41, 5.74) is 1.55. The largest absolute Gasteiger partial charge is 0.490 e. The maximum atomic E-state index is 13.2. The Balaban J connectivity index is 1.80. The van der Waals surface area contributed by atoms with Gasteiger partial charge in [-0.3, -0.25) is 4.79 Å². The van der Waals surface area contributed by atoms with Crippen molar-refractivity contribution in [1.29, 1.82) is 0 Å². The molecule has 0 saturated heterocycles. The van der Waals surface area contributed by atoms with Crippen molar-refractivity contribution in [2.24, 2.45) is 0 Å². The van der Waals surface area contributed by atoms with Crippen molar-refractivity contribution in [2.75, 3.05) is 18.5 Å². The molecule has 8 heteroatoms. The number of esters is 1. The van der Waals surface area contributed by atoms with Crippen LogP contribution >= 0.6 is 0 Å². The molecule has 0 spiro atoms. The summed E-state index contributed by atoms with van der Waals surface area (Å²) in [6.45, 7) is 4.16. The molecule has 0 aliphatic heterocycles. The molecule has 0 bridgehead atoms. The van der Waals surface area contributed by atoms with Crippen LogP contribution in [0, 0.1) is 5.82 Å². The highest BCUT2D eigenvalue weighted by atomic mass is 19.1. The minimum absolute atomic E-state index is 0.0886. The first kappa shape index (κ1) is 20.1. The fourth-order valence-corrected chi connectivity index (χ4v) is 2.60. The van der Waals surface area contributed by atoms with E-state index in [1.807, 2.05) is 0 Å². The van der Waals surface area contributed by atoms with Crippen molar-refractivity contribution in [1.82, 2.24) is 9.78 Å². The van der Waals surface area contributed by atoms with Crippen LogP contribution in [-0.4, -0.2) is 34.9 Å². The van der Waals surface area contributed by atoms with Crippen LogP contribution in [0.25, 0.3) is 5.69 Å². The Hall–Kier alpha value is -3.68. The Bertz CT molecular complexity index is 998. The Kier molecular flexibility index (Phi) is 6.23. The summed E-state index contributed by atoms with van der Waals surface area (Å²) in [4.78, 5) is 24.4. The number of ether oxygens (including phenoxy) is 2. The first-order valence-electron chi connectivity index (χ1n) is 9.08. The van der Waals surface area contributed by atoms with Crippen molar-refractivity contribution >= 4 is 17.6 Å². The lowest BCUT2D eigenvalue weighted by Crippen LogP contribution is -2.14. The first-order chi connectivity index (χ1) is 14.0. The zero-order chi connectivity index (χ0) is 20.8. The molecule has 0 saturated carbocycles. The van der Waals surface area contributed by atoms with Crippen LogP contribution in [0.4, 0.5) is 10.1 Å². The van der Waals surface area contributed by atoms with Gasteiger partial charge in [-0.25, -0.2) is 13.9 Å². The van der Waals surface area contributed by atoms with Gasteiger partial charge in [0.05, 0.1) is 30.7 Å². The third kappa shape index (κ3) is 4.78. The van der Waals surface area contributed by atoms with Gasteiger partial charge in [-0.05, 0) is 62.4 Å². The molecule has 2 aromatic carbocycles. The van der Waals surface area contributed by atoms with Gasteiger partial charge >= 0.3 is 5.97 Å². The van der Waals surface area contributed by atoms with E-state index in [9.17, 15) is 14.0 Å². The number of nitrogens with zero attached hydrogens (tertiary/aromatic N) is 2. The fourth-order valence-electron chi connectivity index (χ4n) is 2.60. The highest BCUT2D eigenvalue weighted by Crippen LogP contribution is 2.22. The second-order valence-electron chi connectivity index (χ2n) is 5.95. The molecule has 0 radical (unpaired) electrons. The molecule has 150 valence electrons. The monoisotopic (exact) mass is 397 g/mol. The molecule has 1 N–H and O–H groups in total. The average Bonchev–Trinajstić information content (AvgIpc) is 3.13. The zero-order valence-electron chi connectivity index (χ0n) is 16.0. The van der Waals surface area contributed by atoms with Crippen LogP contribution in [0.3, 0.4) is 0 Å². The summed E-state index contributed by atoms with van der Waals surface area (Å²) < 4.78 is 25.1. The van der Waals surface area contributed by atoms with E-state index in [1.54, 1.807) is 56.4 Å². The van der Waals surface area contributed by atoms with Gasteiger partial charge in [0, 0.05) is 5.69 Å². The lowest BCUT2D eigenvalue weighted by atomic mass is 10.2. The van der Waals surface area contributed by atoms with Crippen LogP contribution < -0.4 is 10.1 Å². The molecule has 1 aromatic heterocycles. The summed E-state index contributed by atoms with van der Waals surface area (Å²) >= 11 is 0. The summed E-state index contributed by atoms with van der Waals surface area (Å²) in [5.74, 6) is -0.965. The second kappa shape index (κ2) is 9.01. The number of rotatable bonds is 7. The molecule has 1 heterocycles. The van der Waals surface area contributed by atoms with Gasteiger partial charge in [0.15, 0.2) is 11.4 Å². The molecule has 0 atom stereocenters. The summed E-state index contributed by atoms with van der Waals surface area (Å²) in [7, 11) is 0. The molecule has 3 aromatic rings. The molecule has 3 rings (SSSR count). The normalized spacial score (nSPS) is 10.4. The molecule has 1 amide bonds. The molecule has 0 aliphatic rings. The van der Waals surface area contributed by atoms with Crippen molar-refractivity contribution in [3.63, 3.8) is 0 Å². The number of halogens is 1. The van der Waals surface area contributed by atoms with Crippen LogP contribution in [0.1, 0.15) is 34.7 Å². The van der Waals surface area contributed by atoms with Crippen molar-refractivity contribution in [3.05, 3.63) is 71.8 Å². The van der Waals surface area contributed by atoms with Gasteiger partial charge in [-0.15, -0.1) is 0 Å². The minimum Gasteiger partial charge on any atom is -0.490 e. The highest BCUT2D eigenvalue weighted by molar-refractivity contribution is 6.05. The average molecular weight is 397 g/mol. The summed E-state index contributed by atoms with van der Waals surface area (Å²) in [5, 5.41) is 7.00. The maximum absolute atomic E-state index is 13.2. The number of hydrogen-bond donors (Lipinski definition) is 1. The molecule has 0 fully saturated rings. The van der Waals surface area contributed by atoms with Crippen LogP contribution in [0.2, 0.25) is 0 Å². The van der Waals surface area contributed by atoms with Crippen LogP contribution in [0.15, 0.2) is 54.7 Å². The van der Waals surface area contributed by atoms with E-state index in [2.05, 4.69) is 10.4 Å². The predicted molar refractivity (Wildman–Crippen MR) is 105 cm³/mol. The number of benzene rings is 2. The van der Waals surface area contributed by atoms with E-state index in [0.29, 0.717) is 29.3 Å². The van der Waals surface area contributed by atoms with E-state index in [4.69, 9.17) is 9.47 Å². The number of aromatic nitrogens is 2. The third-order valence-corrected chi connectivity index (χ3v) is 3.94. The molecule has 0 unspecified atom stereocenters. The van der Waals surface area contributed by atoms with Gasteiger partial charge in [-0.1, -0.05) is 0 Å². The summed E-state index contributed by atoms with van der Waals surface area (Å²) in [6.07, 6.45) is 1.56. The number of amides is 1. The van der Waals surface area contributed by atoms with E-state index in [1.165, 1.54) is 16.8 Å². The molecular weight excluding hydrogens is 377 g/mol. The first-order valence-corrected chi connectivity index (χ1v) is 9.08. The molecule has 7 nitrogen and oxygen atoms in total. The number of hydrogen-bond acceptors (Lipinski definition) is 5. The molecule has 29 heavy (non-hydrogen) atoms. The van der Waals surface area contributed by atoms with Crippen LogP contribution in [0.5, 0.6) is 5.75 Å². The molecular formula is C21H20FN3O4. The number of nitrogens with one attached hydrogen (secondary N) is 1.